The SMILES string of the molecule is CNc1cncc(C(=O)Nc2ncccc2Br)n1. The highest BCUT2D eigenvalue weighted by atomic mass is 79.9. The third-order valence-corrected chi connectivity index (χ3v) is 2.75. The van der Waals surface area contributed by atoms with Gasteiger partial charge in [-0.1, -0.05) is 0 Å². The maximum absolute atomic E-state index is 11.9. The van der Waals surface area contributed by atoms with E-state index in [0.29, 0.717) is 16.1 Å². The van der Waals surface area contributed by atoms with Crippen LogP contribution in [0.2, 0.25) is 0 Å². The fraction of sp³-hybridized carbons (Fsp3) is 0.0909. The van der Waals surface area contributed by atoms with Gasteiger partial charge in [0.05, 0.1) is 16.9 Å². The van der Waals surface area contributed by atoms with Crippen LogP contribution in [-0.2, 0) is 0 Å². The van der Waals surface area contributed by atoms with Crippen molar-refractivity contribution in [2.45, 2.75) is 0 Å². The van der Waals surface area contributed by atoms with Gasteiger partial charge >= 0.3 is 0 Å². The van der Waals surface area contributed by atoms with Crippen LogP contribution in [0.3, 0.4) is 0 Å². The van der Waals surface area contributed by atoms with Crippen LogP contribution in [0.15, 0.2) is 35.2 Å². The first kappa shape index (κ1) is 12.4. The van der Waals surface area contributed by atoms with Crippen molar-refractivity contribution in [3.63, 3.8) is 0 Å². The maximum Gasteiger partial charge on any atom is 0.277 e. The molecule has 0 saturated heterocycles. The van der Waals surface area contributed by atoms with Crippen molar-refractivity contribution in [1.29, 1.82) is 0 Å². The monoisotopic (exact) mass is 307 g/mol. The summed E-state index contributed by atoms with van der Waals surface area (Å²) in [6.45, 7) is 0. The molecule has 6 nitrogen and oxygen atoms in total. The Morgan fingerprint density at radius 1 is 1.39 bits per heavy atom. The van der Waals surface area contributed by atoms with Crippen LogP contribution in [0.25, 0.3) is 0 Å². The molecule has 92 valence electrons. The smallest absolute Gasteiger partial charge is 0.277 e. The largest absolute Gasteiger partial charge is 0.372 e. The summed E-state index contributed by atoms with van der Waals surface area (Å²) in [5.74, 6) is 0.612. The minimum absolute atomic E-state index is 0.222. The summed E-state index contributed by atoms with van der Waals surface area (Å²) in [5, 5.41) is 5.47. The predicted molar refractivity (Wildman–Crippen MR) is 71.5 cm³/mol. The number of carbonyl (C=O) groups is 1. The molecule has 2 aromatic heterocycles. The molecule has 18 heavy (non-hydrogen) atoms. The van der Waals surface area contributed by atoms with Crippen molar-refractivity contribution in [2.75, 3.05) is 17.7 Å². The van der Waals surface area contributed by atoms with Gasteiger partial charge in [0.25, 0.3) is 5.91 Å². The lowest BCUT2D eigenvalue weighted by Crippen LogP contribution is -2.15. The molecule has 0 aliphatic heterocycles. The van der Waals surface area contributed by atoms with Crippen molar-refractivity contribution < 1.29 is 4.79 Å². The number of carbonyl (C=O) groups excluding carboxylic acids is 1. The molecule has 0 saturated carbocycles. The molecule has 1 amide bonds. The quantitative estimate of drug-likeness (QED) is 0.905. The van der Waals surface area contributed by atoms with Gasteiger partial charge in [-0.3, -0.25) is 9.78 Å². The van der Waals surface area contributed by atoms with E-state index in [4.69, 9.17) is 0 Å². The number of hydrogen-bond acceptors (Lipinski definition) is 5. The molecular weight excluding hydrogens is 298 g/mol. The van der Waals surface area contributed by atoms with E-state index in [9.17, 15) is 4.79 Å². The summed E-state index contributed by atoms with van der Waals surface area (Å²) in [7, 11) is 1.71. The van der Waals surface area contributed by atoms with Crippen molar-refractivity contribution in [1.82, 2.24) is 15.0 Å². The van der Waals surface area contributed by atoms with Gasteiger partial charge < -0.3 is 10.6 Å². The molecule has 0 bridgehead atoms. The Hall–Kier alpha value is -2.02. The van der Waals surface area contributed by atoms with Gasteiger partial charge in [0.2, 0.25) is 0 Å². The van der Waals surface area contributed by atoms with Gasteiger partial charge in [-0.2, -0.15) is 0 Å². The Bertz CT molecular complexity index is 575. The van der Waals surface area contributed by atoms with Crippen molar-refractivity contribution in [3.8, 4) is 0 Å². The fourth-order valence-corrected chi connectivity index (χ4v) is 1.60. The molecule has 0 fully saturated rings. The van der Waals surface area contributed by atoms with Crippen LogP contribution >= 0.6 is 15.9 Å². The summed E-state index contributed by atoms with van der Waals surface area (Å²) in [5.41, 5.74) is 0.222. The molecule has 0 radical (unpaired) electrons. The third-order valence-electron chi connectivity index (χ3n) is 2.11. The lowest BCUT2D eigenvalue weighted by molar-refractivity contribution is 0.102. The highest BCUT2D eigenvalue weighted by molar-refractivity contribution is 9.10. The molecule has 0 aliphatic rings. The zero-order valence-corrected chi connectivity index (χ0v) is 11.1. The first-order chi connectivity index (χ1) is 8.70. The van der Waals surface area contributed by atoms with Crippen molar-refractivity contribution in [2.24, 2.45) is 0 Å². The Morgan fingerprint density at radius 2 is 2.22 bits per heavy atom. The van der Waals surface area contributed by atoms with E-state index in [1.807, 2.05) is 0 Å². The summed E-state index contributed by atoms with van der Waals surface area (Å²) < 4.78 is 0.705. The van der Waals surface area contributed by atoms with Gasteiger partial charge in [-0.05, 0) is 28.1 Å². The molecule has 2 rings (SSSR count). The lowest BCUT2D eigenvalue weighted by Gasteiger charge is -2.06. The second-order valence-electron chi connectivity index (χ2n) is 3.33. The zero-order chi connectivity index (χ0) is 13.0. The van der Waals surface area contributed by atoms with E-state index >= 15 is 0 Å². The van der Waals surface area contributed by atoms with Gasteiger partial charge in [-0.15, -0.1) is 0 Å². The number of halogens is 1. The predicted octanol–water partition coefficient (Wildman–Crippen LogP) is 1.93. The third kappa shape index (κ3) is 2.80. The number of amides is 1. The number of nitrogens with zero attached hydrogens (tertiary/aromatic N) is 3. The van der Waals surface area contributed by atoms with Crippen LogP contribution in [0.5, 0.6) is 0 Å². The normalized spacial score (nSPS) is 9.89. The van der Waals surface area contributed by atoms with Crippen molar-refractivity contribution >= 4 is 33.5 Å². The Labute approximate surface area is 112 Å². The molecule has 2 heterocycles. The first-order valence-corrected chi connectivity index (χ1v) is 5.91. The molecule has 0 atom stereocenters. The molecule has 2 aromatic rings. The Balaban J connectivity index is 2.19. The van der Waals surface area contributed by atoms with E-state index in [0.717, 1.165) is 0 Å². The maximum atomic E-state index is 11.9. The molecule has 2 N–H and O–H groups in total. The summed E-state index contributed by atoms with van der Waals surface area (Å²) in [6, 6.07) is 3.56. The lowest BCUT2D eigenvalue weighted by atomic mass is 10.4. The second kappa shape index (κ2) is 5.54. The minimum atomic E-state index is -0.362. The van der Waals surface area contributed by atoms with Crippen LogP contribution in [-0.4, -0.2) is 27.9 Å². The fourth-order valence-electron chi connectivity index (χ4n) is 1.25. The highest BCUT2D eigenvalue weighted by Gasteiger charge is 2.11. The van der Waals surface area contributed by atoms with E-state index < -0.39 is 0 Å². The summed E-state index contributed by atoms with van der Waals surface area (Å²) in [4.78, 5) is 24.0. The van der Waals surface area contributed by atoms with Crippen LogP contribution in [0.4, 0.5) is 11.6 Å². The summed E-state index contributed by atoms with van der Waals surface area (Å²) >= 11 is 3.30. The first-order valence-electron chi connectivity index (χ1n) is 5.12. The van der Waals surface area contributed by atoms with Gasteiger partial charge in [-0.25, -0.2) is 9.97 Å². The highest BCUT2D eigenvalue weighted by Crippen LogP contribution is 2.18. The van der Waals surface area contributed by atoms with E-state index in [1.165, 1.54) is 12.4 Å². The number of nitrogens with one attached hydrogen (secondary N) is 2. The van der Waals surface area contributed by atoms with E-state index in [2.05, 4.69) is 41.5 Å². The Kier molecular flexibility index (Phi) is 3.83. The van der Waals surface area contributed by atoms with Gasteiger partial charge in [0.15, 0.2) is 0 Å². The topological polar surface area (TPSA) is 79.8 Å². The summed E-state index contributed by atoms with van der Waals surface area (Å²) in [6.07, 6.45) is 4.52. The number of hydrogen-bond donors (Lipinski definition) is 2. The molecular formula is C11H10BrN5O. The van der Waals surface area contributed by atoms with Crippen LogP contribution in [0.1, 0.15) is 10.5 Å². The molecule has 7 heteroatoms. The number of anilines is 2. The number of rotatable bonds is 3. The molecule has 0 unspecified atom stereocenters. The number of aromatic nitrogens is 3. The van der Waals surface area contributed by atoms with Gasteiger partial charge in [0.1, 0.15) is 17.3 Å². The number of pyridine rings is 1. The minimum Gasteiger partial charge on any atom is -0.372 e. The average Bonchev–Trinajstić information content (AvgIpc) is 2.41. The van der Waals surface area contributed by atoms with Crippen LogP contribution < -0.4 is 10.6 Å². The van der Waals surface area contributed by atoms with E-state index in [1.54, 1.807) is 25.4 Å². The second-order valence-corrected chi connectivity index (χ2v) is 4.18. The Morgan fingerprint density at radius 3 is 2.94 bits per heavy atom. The average molecular weight is 308 g/mol. The van der Waals surface area contributed by atoms with E-state index in [-0.39, 0.29) is 11.6 Å². The molecule has 0 aliphatic carbocycles. The molecule has 0 aromatic carbocycles. The molecule has 0 spiro atoms. The zero-order valence-electron chi connectivity index (χ0n) is 9.51. The van der Waals surface area contributed by atoms with Crippen LogP contribution in [0, 0.1) is 0 Å². The van der Waals surface area contributed by atoms with Crippen molar-refractivity contribution in [3.05, 3.63) is 40.9 Å². The van der Waals surface area contributed by atoms with Gasteiger partial charge in [0, 0.05) is 13.2 Å². The standard InChI is InChI=1S/C11H10BrN5O/c1-13-9-6-14-5-8(16-9)11(18)17-10-7(12)3-2-4-15-10/h2-6H,1H3,(H,13,16)(H,15,17,18).